The number of aromatic nitrogens is 2. The number of imidazole rings is 1. The number of carbonyl (C=O) groups is 1. The molecule has 0 bridgehead atoms. The van der Waals surface area contributed by atoms with Crippen molar-refractivity contribution >= 4 is 15.7 Å². The molecule has 2 heterocycles. The Bertz CT molecular complexity index is 535. The third-order valence-corrected chi connectivity index (χ3v) is 4.86. The molecule has 0 saturated carbocycles. The van der Waals surface area contributed by atoms with Crippen molar-refractivity contribution in [2.75, 3.05) is 18.6 Å². The van der Waals surface area contributed by atoms with Gasteiger partial charge in [0.05, 0.1) is 24.0 Å². The highest BCUT2D eigenvalue weighted by Crippen LogP contribution is 2.18. The molecule has 0 aromatic carbocycles. The molecule has 1 aliphatic heterocycles. The molecule has 2 rings (SSSR count). The number of hydrogen-bond acceptors (Lipinski definition) is 4. The first-order valence-corrected chi connectivity index (χ1v) is 7.17. The van der Waals surface area contributed by atoms with Gasteiger partial charge in [-0.25, -0.2) is 13.4 Å². The highest BCUT2D eigenvalue weighted by molar-refractivity contribution is 7.91. The fraction of sp³-hybridized carbons (Fsp3) is 0.600. The van der Waals surface area contributed by atoms with Crippen molar-refractivity contribution in [3.63, 3.8) is 0 Å². The summed E-state index contributed by atoms with van der Waals surface area (Å²) in [6.45, 7) is 0. The normalized spacial score (nSPS) is 22.6. The summed E-state index contributed by atoms with van der Waals surface area (Å²) in [4.78, 5) is 17.5. The SMILES string of the molecule is CN(C(=O)c1cncn1C)C1CCS(=O)(=O)C1. The fourth-order valence-electron chi connectivity index (χ4n) is 1.99. The molecule has 1 atom stereocenters. The van der Waals surface area contributed by atoms with Crippen LogP contribution in [0.25, 0.3) is 0 Å². The van der Waals surface area contributed by atoms with E-state index in [1.807, 2.05) is 0 Å². The summed E-state index contributed by atoms with van der Waals surface area (Å²) in [6.07, 6.45) is 3.55. The van der Waals surface area contributed by atoms with E-state index in [2.05, 4.69) is 4.98 Å². The van der Waals surface area contributed by atoms with Crippen molar-refractivity contribution < 1.29 is 13.2 Å². The van der Waals surface area contributed by atoms with Crippen molar-refractivity contribution in [2.45, 2.75) is 12.5 Å². The molecule has 1 saturated heterocycles. The highest BCUT2D eigenvalue weighted by atomic mass is 32.2. The van der Waals surface area contributed by atoms with Gasteiger partial charge in [-0.2, -0.15) is 0 Å². The summed E-state index contributed by atoms with van der Waals surface area (Å²) in [5.41, 5.74) is 0.469. The van der Waals surface area contributed by atoms with E-state index >= 15 is 0 Å². The molecule has 7 heteroatoms. The number of amides is 1. The first-order valence-electron chi connectivity index (χ1n) is 5.34. The Labute approximate surface area is 100 Å². The largest absolute Gasteiger partial charge is 0.336 e. The molecule has 1 aliphatic rings. The van der Waals surface area contributed by atoms with Crippen LogP contribution in [0, 0.1) is 0 Å². The van der Waals surface area contributed by atoms with Crippen molar-refractivity contribution in [1.29, 1.82) is 0 Å². The van der Waals surface area contributed by atoms with Crippen LogP contribution >= 0.6 is 0 Å². The van der Waals surface area contributed by atoms with Gasteiger partial charge in [0.25, 0.3) is 5.91 Å². The number of aryl methyl sites for hydroxylation is 1. The molecule has 94 valence electrons. The minimum absolute atomic E-state index is 0.0626. The van der Waals surface area contributed by atoms with Gasteiger partial charge in [0.1, 0.15) is 5.69 Å². The number of sulfone groups is 1. The van der Waals surface area contributed by atoms with E-state index in [1.54, 1.807) is 25.0 Å². The number of hydrogen-bond donors (Lipinski definition) is 0. The standard InChI is InChI=1S/C10H15N3O3S/c1-12-7-11-5-9(12)10(14)13(2)8-3-4-17(15,16)6-8/h5,7-8H,3-4,6H2,1-2H3. The lowest BCUT2D eigenvalue weighted by molar-refractivity contribution is 0.0738. The third-order valence-electron chi connectivity index (χ3n) is 3.11. The molecule has 0 N–H and O–H groups in total. The minimum Gasteiger partial charge on any atom is -0.336 e. The fourth-order valence-corrected chi connectivity index (χ4v) is 3.77. The second-order valence-electron chi connectivity index (χ2n) is 4.36. The zero-order valence-electron chi connectivity index (χ0n) is 9.83. The molecule has 6 nitrogen and oxygen atoms in total. The van der Waals surface area contributed by atoms with E-state index in [9.17, 15) is 13.2 Å². The molecular formula is C10H15N3O3S. The summed E-state index contributed by atoms with van der Waals surface area (Å²) in [5.74, 6) is 0.0421. The predicted octanol–water partition coefficient (Wildman–Crippen LogP) is -0.321. The lowest BCUT2D eigenvalue weighted by atomic mass is 10.2. The van der Waals surface area contributed by atoms with Gasteiger partial charge in [0.2, 0.25) is 0 Å². The van der Waals surface area contributed by atoms with E-state index in [0.717, 1.165) is 0 Å². The second-order valence-corrected chi connectivity index (χ2v) is 6.59. The molecule has 17 heavy (non-hydrogen) atoms. The summed E-state index contributed by atoms with van der Waals surface area (Å²) < 4.78 is 24.4. The van der Waals surface area contributed by atoms with Crippen molar-refractivity contribution in [1.82, 2.24) is 14.5 Å². The van der Waals surface area contributed by atoms with E-state index in [-0.39, 0.29) is 23.5 Å². The topological polar surface area (TPSA) is 72.3 Å². The first kappa shape index (κ1) is 12.1. The molecule has 1 fully saturated rings. The van der Waals surface area contributed by atoms with Crippen LogP contribution in [0.4, 0.5) is 0 Å². The summed E-state index contributed by atoms with van der Waals surface area (Å²) in [6, 6.07) is -0.220. The van der Waals surface area contributed by atoms with Gasteiger partial charge in [-0.1, -0.05) is 0 Å². The molecule has 1 amide bonds. The first-order chi connectivity index (χ1) is 7.91. The van der Waals surface area contributed by atoms with Crippen LogP contribution in [-0.2, 0) is 16.9 Å². The van der Waals surface area contributed by atoms with E-state index in [0.29, 0.717) is 12.1 Å². The average Bonchev–Trinajstić information content (AvgIpc) is 2.82. The number of rotatable bonds is 2. The maximum atomic E-state index is 12.1. The Morgan fingerprint density at radius 1 is 1.59 bits per heavy atom. The monoisotopic (exact) mass is 257 g/mol. The van der Waals surface area contributed by atoms with Crippen LogP contribution in [-0.4, -0.2) is 53.4 Å². The highest BCUT2D eigenvalue weighted by Gasteiger charge is 2.33. The van der Waals surface area contributed by atoms with Gasteiger partial charge in [-0.05, 0) is 6.42 Å². The molecule has 0 aliphatic carbocycles. The van der Waals surface area contributed by atoms with Crippen LogP contribution < -0.4 is 0 Å². The van der Waals surface area contributed by atoms with Crippen molar-refractivity contribution in [3.05, 3.63) is 18.2 Å². The van der Waals surface area contributed by atoms with Gasteiger partial charge in [0.15, 0.2) is 9.84 Å². The van der Waals surface area contributed by atoms with Crippen LogP contribution in [0.2, 0.25) is 0 Å². The smallest absolute Gasteiger partial charge is 0.272 e. The van der Waals surface area contributed by atoms with Gasteiger partial charge in [0, 0.05) is 20.1 Å². The Kier molecular flexibility index (Phi) is 2.94. The third kappa shape index (κ3) is 2.33. The number of nitrogens with zero attached hydrogens (tertiary/aromatic N) is 3. The van der Waals surface area contributed by atoms with E-state index in [4.69, 9.17) is 0 Å². The second kappa shape index (κ2) is 4.14. The zero-order chi connectivity index (χ0) is 12.6. The predicted molar refractivity (Wildman–Crippen MR) is 62.4 cm³/mol. The zero-order valence-corrected chi connectivity index (χ0v) is 10.6. The van der Waals surface area contributed by atoms with Crippen LogP contribution in [0.15, 0.2) is 12.5 Å². The van der Waals surface area contributed by atoms with Crippen molar-refractivity contribution in [3.8, 4) is 0 Å². The maximum absolute atomic E-state index is 12.1. The summed E-state index contributed by atoms with van der Waals surface area (Å²) in [5, 5.41) is 0. The molecule has 1 aromatic rings. The van der Waals surface area contributed by atoms with Crippen LogP contribution in [0.3, 0.4) is 0 Å². The van der Waals surface area contributed by atoms with E-state index < -0.39 is 9.84 Å². The molecule has 0 spiro atoms. The van der Waals surface area contributed by atoms with Gasteiger partial charge < -0.3 is 9.47 Å². The van der Waals surface area contributed by atoms with Crippen molar-refractivity contribution in [2.24, 2.45) is 7.05 Å². The van der Waals surface area contributed by atoms with Gasteiger partial charge in [-0.15, -0.1) is 0 Å². The molecule has 0 radical (unpaired) electrons. The van der Waals surface area contributed by atoms with E-state index in [1.165, 1.54) is 11.1 Å². The molecular weight excluding hydrogens is 242 g/mol. The lowest BCUT2D eigenvalue weighted by Gasteiger charge is -2.23. The Balaban J connectivity index is 2.14. The van der Waals surface area contributed by atoms with Gasteiger partial charge >= 0.3 is 0 Å². The Hall–Kier alpha value is -1.37. The molecule has 1 unspecified atom stereocenters. The lowest BCUT2D eigenvalue weighted by Crippen LogP contribution is -2.38. The van der Waals surface area contributed by atoms with Crippen LogP contribution in [0.1, 0.15) is 16.9 Å². The number of carbonyl (C=O) groups excluding carboxylic acids is 1. The Morgan fingerprint density at radius 3 is 2.76 bits per heavy atom. The molecule has 1 aromatic heterocycles. The van der Waals surface area contributed by atoms with Gasteiger partial charge in [-0.3, -0.25) is 4.79 Å². The Morgan fingerprint density at radius 2 is 2.29 bits per heavy atom. The summed E-state index contributed by atoms with van der Waals surface area (Å²) >= 11 is 0. The quantitative estimate of drug-likeness (QED) is 0.728. The minimum atomic E-state index is -2.97. The average molecular weight is 257 g/mol. The summed E-state index contributed by atoms with van der Waals surface area (Å²) in [7, 11) is 0.406. The maximum Gasteiger partial charge on any atom is 0.272 e. The van der Waals surface area contributed by atoms with Crippen LogP contribution in [0.5, 0.6) is 0 Å².